The normalized spacial score (nSPS) is 25.0. The van der Waals surface area contributed by atoms with E-state index < -0.39 is 0 Å². The number of thiol groups is 1. The highest BCUT2D eigenvalue weighted by Gasteiger charge is 2.32. The van der Waals surface area contributed by atoms with Crippen LogP contribution < -0.4 is 4.74 Å². The lowest BCUT2D eigenvalue weighted by Crippen LogP contribution is -2.50. The van der Waals surface area contributed by atoms with Crippen LogP contribution >= 0.6 is 12.9 Å². The van der Waals surface area contributed by atoms with Crippen LogP contribution in [-0.2, 0) is 4.18 Å². The van der Waals surface area contributed by atoms with Gasteiger partial charge in [-0.2, -0.15) is 0 Å². The molecule has 1 atom stereocenters. The van der Waals surface area contributed by atoms with Gasteiger partial charge >= 0.3 is 0 Å². The minimum Gasteiger partial charge on any atom is -0.486 e. The highest BCUT2D eigenvalue weighted by Crippen LogP contribution is 2.27. The molecule has 4 heteroatoms. The summed E-state index contributed by atoms with van der Waals surface area (Å²) in [7, 11) is 0. The molecular weight excluding hydrogens is 246 g/mol. The Balaban J connectivity index is 1.93. The third-order valence-electron chi connectivity index (χ3n) is 3.34. The minimum atomic E-state index is -0.101. The first-order valence-corrected chi connectivity index (χ1v) is 6.81. The summed E-state index contributed by atoms with van der Waals surface area (Å²) in [6.45, 7) is 5.82. The number of para-hydroxylation sites is 1. The monoisotopic (exact) mass is 267 g/mol. The number of hydrogen-bond donors (Lipinski definition) is 1. The number of nitrogens with zero attached hydrogens (tertiary/aromatic N) is 1. The Morgan fingerprint density at radius 2 is 2.11 bits per heavy atom. The van der Waals surface area contributed by atoms with Crippen molar-refractivity contribution in [2.24, 2.45) is 0 Å². The molecule has 1 heterocycles. The number of ether oxygens (including phenoxy) is 1. The number of hydrogen-bond acceptors (Lipinski definition) is 4. The fraction of sp³-hybridized carbons (Fsp3) is 0.571. The fourth-order valence-corrected chi connectivity index (χ4v) is 2.61. The lowest BCUT2D eigenvalue weighted by molar-refractivity contribution is 0.00295. The molecule has 1 aromatic carbocycles. The van der Waals surface area contributed by atoms with Crippen molar-refractivity contribution in [2.45, 2.75) is 25.4 Å². The van der Waals surface area contributed by atoms with Crippen LogP contribution in [0.1, 0.15) is 19.8 Å². The SMILES string of the molecule is CC1(Oc2ccccc2)CCCN(CCOS)C1. The fourth-order valence-electron chi connectivity index (χ4n) is 2.52. The number of likely N-dealkylation sites (tertiary alicyclic amines) is 1. The van der Waals surface area contributed by atoms with Gasteiger partial charge in [0.2, 0.25) is 0 Å². The summed E-state index contributed by atoms with van der Waals surface area (Å²) >= 11 is 3.79. The Labute approximate surface area is 115 Å². The van der Waals surface area contributed by atoms with Crippen LogP contribution in [0.25, 0.3) is 0 Å². The first-order chi connectivity index (χ1) is 8.72. The van der Waals surface area contributed by atoms with Crippen LogP contribution in [0.4, 0.5) is 0 Å². The molecule has 0 aliphatic carbocycles. The van der Waals surface area contributed by atoms with Gasteiger partial charge in [0.25, 0.3) is 0 Å². The molecule has 0 N–H and O–H groups in total. The summed E-state index contributed by atoms with van der Waals surface area (Å²) in [6.07, 6.45) is 2.26. The molecule has 1 aliphatic heterocycles. The van der Waals surface area contributed by atoms with E-state index in [1.54, 1.807) is 0 Å². The third kappa shape index (κ3) is 3.90. The standard InChI is InChI=1S/C14H21NO2S/c1-14(17-13-6-3-2-4-7-13)8-5-9-15(12-14)10-11-16-18/h2-4,6-7,18H,5,8-12H2,1H3. The van der Waals surface area contributed by atoms with Crippen LogP contribution in [0.15, 0.2) is 30.3 Å². The zero-order valence-electron chi connectivity index (χ0n) is 10.8. The van der Waals surface area contributed by atoms with E-state index in [1.807, 2.05) is 30.3 Å². The largest absolute Gasteiger partial charge is 0.486 e. The van der Waals surface area contributed by atoms with E-state index in [-0.39, 0.29) is 5.60 Å². The van der Waals surface area contributed by atoms with Crippen LogP contribution in [0, 0.1) is 0 Å². The Morgan fingerprint density at radius 3 is 2.83 bits per heavy atom. The van der Waals surface area contributed by atoms with Gasteiger partial charge in [-0.15, -0.1) is 0 Å². The summed E-state index contributed by atoms with van der Waals surface area (Å²) in [5, 5.41) is 0. The molecule has 3 nitrogen and oxygen atoms in total. The highest BCUT2D eigenvalue weighted by molar-refractivity contribution is 7.75. The molecule has 1 saturated heterocycles. The van der Waals surface area contributed by atoms with Gasteiger partial charge in [0, 0.05) is 13.1 Å². The molecule has 1 aromatic rings. The van der Waals surface area contributed by atoms with Gasteiger partial charge in [0.15, 0.2) is 0 Å². The predicted molar refractivity (Wildman–Crippen MR) is 76.1 cm³/mol. The summed E-state index contributed by atoms with van der Waals surface area (Å²) in [6, 6.07) is 10.1. The first-order valence-electron chi connectivity index (χ1n) is 6.45. The van der Waals surface area contributed by atoms with Crippen molar-refractivity contribution in [3.05, 3.63) is 30.3 Å². The average molecular weight is 267 g/mol. The van der Waals surface area contributed by atoms with Crippen molar-refractivity contribution in [2.75, 3.05) is 26.2 Å². The van der Waals surface area contributed by atoms with Gasteiger partial charge in [-0.3, -0.25) is 4.90 Å². The second kappa shape index (κ2) is 6.45. The zero-order chi connectivity index (χ0) is 12.8. The van der Waals surface area contributed by atoms with Crippen LogP contribution in [-0.4, -0.2) is 36.7 Å². The maximum Gasteiger partial charge on any atom is 0.120 e. The van der Waals surface area contributed by atoms with Crippen molar-refractivity contribution in [1.29, 1.82) is 0 Å². The second-order valence-corrected chi connectivity index (χ2v) is 5.34. The van der Waals surface area contributed by atoms with Crippen LogP contribution in [0.5, 0.6) is 5.75 Å². The summed E-state index contributed by atoms with van der Waals surface area (Å²) in [5.41, 5.74) is -0.101. The van der Waals surface area contributed by atoms with Gasteiger partial charge < -0.3 is 8.92 Å². The topological polar surface area (TPSA) is 21.7 Å². The zero-order valence-corrected chi connectivity index (χ0v) is 11.7. The maximum absolute atomic E-state index is 6.15. The van der Waals surface area contributed by atoms with Crippen molar-refractivity contribution < 1.29 is 8.92 Å². The molecule has 0 spiro atoms. The van der Waals surface area contributed by atoms with Gasteiger partial charge in [-0.05, 0) is 51.4 Å². The average Bonchev–Trinajstić information content (AvgIpc) is 2.37. The van der Waals surface area contributed by atoms with Crippen LogP contribution in [0.2, 0.25) is 0 Å². The predicted octanol–water partition coefficient (Wildman–Crippen LogP) is 2.78. The van der Waals surface area contributed by atoms with E-state index in [1.165, 1.54) is 0 Å². The lowest BCUT2D eigenvalue weighted by atomic mass is 9.94. The van der Waals surface area contributed by atoms with E-state index in [4.69, 9.17) is 8.92 Å². The molecule has 2 rings (SSSR count). The summed E-state index contributed by atoms with van der Waals surface area (Å²) in [5.74, 6) is 0.951. The second-order valence-electron chi connectivity index (χ2n) is 5.08. The number of rotatable bonds is 5. The molecule has 0 amide bonds. The highest BCUT2D eigenvalue weighted by atomic mass is 32.1. The first kappa shape index (κ1) is 13.7. The summed E-state index contributed by atoms with van der Waals surface area (Å²) in [4.78, 5) is 2.38. The van der Waals surface area contributed by atoms with Gasteiger partial charge in [0.05, 0.1) is 6.61 Å². The van der Waals surface area contributed by atoms with Crippen molar-refractivity contribution in [1.82, 2.24) is 4.90 Å². The van der Waals surface area contributed by atoms with E-state index in [0.717, 1.165) is 38.2 Å². The quantitative estimate of drug-likeness (QED) is 0.655. The van der Waals surface area contributed by atoms with Crippen molar-refractivity contribution >= 4 is 12.9 Å². The maximum atomic E-state index is 6.15. The van der Waals surface area contributed by atoms with E-state index >= 15 is 0 Å². The molecule has 1 aliphatic rings. The molecule has 1 fully saturated rings. The molecule has 18 heavy (non-hydrogen) atoms. The molecule has 1 unspecified atom stereocenters. The van der Waals surface area contributed by atoms with Gasteiger partial charge in [0.1, 0.15) is 11.4 Å². The molecular formula is C14H21NO2S. The van der Waals surface area contributed by atoms with E-state index in [2.05, 4.69) is 24.7 Å². The Kier molecular flexibility index (Phi) is 4.92. The third-order valence-corrected chi connectivity index (χ3v) is 3.53. The Morgan fingerprint density at radius 1 is 1.33 bits per heavy atom. The lowest BCUT2D eigenvalue weighted by Gasteiger charge is -2.40. The molecule has 0 radical (unpaired) electrons. The molecule has 0 aromatic heterocycles. The van der Waals surface area contributed by atoms with Gasteiger partial charge in [-0.25, -0.2) is 0 Å². The van der Waals surface area contributed by atoms with Gasteiger partial charge in [-0.1, -0.05) is 18.2 Å². The van der Waals surface area contributed by atoms with E-state index in [0.29, 0.717) is 6.61 Å². The molecule has 100 valence electrons. The van der Waals surface area contributed by atoms with Crippen molar-refractivity contribution in [3.8, 4) is 5.75 Å². The smallest absolute Gasteiger partial charge is 0.120 e. The van der Waals surface area contributed by atoms with Crippen LogP contribution in [0.3, 0.4) is 0 Å². The minimum absolute atomic E-state index is 0.101. The van der Waals surface area contributed by atoms with Crippen molar-refractivity contribution in [3.63, 3.8) is 0 Å². The molecule has 0 bridgehead atoms. The number of benzene rings is 1. The van der Waals surface area contributed by atoms with E-state index in [9.17, 15) is 0 Å². The Hall–Kier alpha value is -0.710. The molecule has 0 saturated carbocycles. The Bertz CT molecular complexity index is 360. The summed E-state index contributed by atoms with van der Waals surface area (Å²) < 4.78 is 11.0. The number of piperidine rings is 1.